The van der Waals surface area contributed by atoms with Crippen molar-refractivity contribution in [3.63, 3.8) is 0 Å². The second-order valence-corrected chi connectivity index (χ2v) is 7.93. The van der Waals surface area contributed by atoms with Gasteiger partial charge in [0.1, 0.15) is 11.4 Å². The molecule has 2 atom stereocenters. The Morgan fingerprint density at radius 3 is 2.50 bits per heavy atom. The third-order valence-electron chi connectivity index (χ3n) is 5.08. The molecule has 0 aromatic heterocycles. The Morgan fingerprint density at radius 1 is 1.36 bits per heavy atom. The molecule has 0 saturated carbocycles. The van der Waals surface area contributed by atoms with Crippen LogP contribution in [0.4, 0.5) is 4.79 Å². The number of likely N-dealkylation sites (tertiary alicyclic amines) is 1. The van der Waals surface area contributed by atoms with Crippen LogP contribution in [0.1, 0.15) is 47.5 Å². The predicted molar refractivity (Wildman–Crippen MR) is 84.6 cm³/mol. The Kier molecular flexibility index (Phi) is 4.35. The van der Waals surface area contributed by atoms with Crippen LogP contribution in [-0.2, 0) is 14.2 Å². The summed E-state index contributed by atoms with van der Waals surface area (Å²) in [5, 5.41) is 0. The van der Waals surface area contributed by atoms with Gasteiger partial charge >= 0.3 is 6.16 Å². The molecule has 22 heavy (non-hydrogen) atoms. The van der Waals surface area contributed by atoms with E-state index in [-0.39, 0.29) is 17.1 Å². The van der Waals surface area contributed by atoms with Crippen molar-refractivity contribution in [1.82, 2.24) is 4.90 Å². The van der Waals surface area contributed by atoms with Gasteiger partial charge in [0.15, 0.2) is 0 Å². The zero-order valence-electron chi connectivity index (χ0n) is 14.9. The van der Waals surface area contributed by atoms with E-state index >= 15 is 0 Å². The van der Waals surface area contributed by atoms with Gasteiger partial charge in [-0.3, -0.25) is 4.90 Å². The molecule has 1 saturated heterocycles. The fourth-order valence-electron chi connectivity index (χ4n) is 3.77. The minimum atomic E-state index is -0.627. The maximum Gasteiger partial charge on any atom is 0.514 e. The summed E-state index contributed by atoms with van der Waals surface area (Å²) in [6, 6.07) is 0. The fraction of sp³-hybridized carbons (Fsp3) is 0.824. The normalized spacial score (nSPS) is 31.4. The van der Waals surface area contributed by atoms with E-state index in [9.17, 15) is 4.79 Å². The summed E-state index contributed by atoms with van der Waals surface area (Å²) in [5.41, 5.74) is -0.723. The molecule has 2 rings (SSSR count). The van der Waals surface area contributed by atoms with Crippen LogP contribution in [0.5, 0.6) is 0 Å². The zero-order valence-corrected chi connectivity index (χ0v) is 14.9. The number of rotatable bonds is 2. The lowest BCUT2D eigenvalue weighted by atomic mass is 9.71. The maximum atomic E-state index is 11.9. The van der Waals surface area contributed by atoms with E-state index in [2.05, 4.69) is 31.9 Å². The van der Waals surface area contributed by atoms with E-state index in [0.717, 1.165) is 19.4 Å². The number of hydrogen-bond donors (Lipinski definition) is 0. The number of carbonyl (C=O) groups is 1. The van der Waals surface area contributed by atoms with E-state index < -0.39 is 11.8 Å². The Morgan fingerprint density at radius 2 is 2.00 bits per heavy atom. The Hall–Kier alpha value is -1.07. The molecule has 5 heteroatoms. The van der Waals surface area contributed by atoms with Gasteiger partial charge in [-0.1, -0.05) is 13.8 Å². The highest BCUT2D eigenvalue weighted by molar-refractivity contribution is 5.62. The van der Waals surface area contributed by atoms with Crippen LogP contribution in [0.25, 0.3) is 0 Å². The molecule has 0 amide bonds. The van der Waals surface area contributed by atoms with Crippen molar-refractivity contribution < 1.29 is 19.0 Å². The first-order valence-corrected chi connectivity index (χ1v) is 7.88. The van der Waals surface area contributed by atoms with Crippen molar-refractivity contribution in [2.75, 3.05) is 20.7 Å². The zero-order chi connectivity index (χ0) is 16.8. The first kappa shape index (κ1) is 17.3. The summed E-state index contributed by atoms with van der Waals surface area (Å²) >= 11 is 0. The van der Waals surface area contributed by atoms with Crippen LogP contribution in [-0.4, -0.2) is 49.0 Å². The molecule has 0 radical (unpaired) electrons. The summed E-state index contributed by atoms with van der Waals surface area (Å²) < 4.78 is 16.3. The Balaban J connectivity index is 2.15. The van der Waals surface area contributed by atoms with Gasteiger partial charge in [0.05, 0.1) is 11.6 Å². The minimum Gasteiger partial charge on any atom is -0.428 e. The van der Waals surface area contributed by atoms with Crippen molar-refractivity contribution in [2.45, 2.75) is 64.7 Å². The highest BCUT2D eigenvalue weighted by Gasteiger charge is 2.58. The lowest BCUT2D eigenvalue weighted by molar-refractivity contribution is 0.00574. The van der Waals surface area contributed by atoms with Gasteiger partial charge in [-0.25, -0.2) is 4.79 Å². The van der Waals surface area contributed by atoms with Gasteiger partial charge in [-0.15, -0.1) is 0 Å². The number of ether oxygens (including phenoxy) is 3. The van der Waals surface area contributed by atoms with Crippen LogP contribution in [0.3, 0.4) is 0 Å². The quantitative estimate of drug-likeness (QED) is 0.732. The highest BCUT2D eigenvalue weighted by Crippen LogP contribution is 2.53. The predicted octanol–water partition coefficient (Wildman–Crippen LogP) is 3.34. The topological polar surface area (TPSA) is 48.0 Å². The number of nitrogens with zero attached hydrogens (tertiary/aromatic N) is 1. The van der Waals surface area contributed by atoms with Crippen molar-refractivity contribution in [3.8, 4) is 0 Å². The van der Waals surface area contributed by atoms with Crippen molar-refractivity contribution in [1.29, 1.82) is 0 Å². The van der Waals surface area contributed by atoms with Crippen LogP contribution in [0.2, 0.25) is 0 Å². The maximum absolute atomic E-state index is 11.9. The summed E-state index contributed by atoms with van der Waals surface area (Å²) in [4.78, 5) is 14.2. The smallest absolute Gasteiger partial charge is 0.428 e. The van der Waals surface area contributed by atoms with E-state index in [4.69, 9.17) is 14.2 Å². The summed E-state index contributed by atoms with van der Waals surface area (Å²) in [7, 11) is 3.86. The largest absolute Gasteiger partial charge is 0.514 e. The van der Waals surface area contributed by atoms with Crippen LogP contribution in [0, 0.1) is 5.41 Å². The van der Waals surface area contributed by atoms with Gasteiger partial charge in [0.25, 0.3) is 0 Å². The first-order valence-electron chi connectivity index (χ1n) is 7.88. The van der Waals surface area contributed by atoms with Crippen molar-refractivity contribution >= 4 is 6.16 Å². The lowest BCUT2D eigenvalue weighted by Crippen LogP contribution is -2.48. The third-order valence-corrected chi connectivity index (χ3v) is 5.08. The number of allylic oxidation sites excluding steroid dienone is 1. The number of methoxy groups -OCH3 is 1. The molecule has 1 spiro atoms. The lowest BCUT2D eigenvalue weighted by Gasteiger charge is -2.42. The second kappa shape index (κ2) is 5.53. The van der Waals surface area contributed by atoms with Crippen LogP contribution in [0.15, 0.2) is 11.8 Å². The van der Waals surface area contributed by atoms with Gasteiger partial charge in [-0.05, 0) is 40.3 Å². The molecule has 0 aromatic carbocycles. The summed E-state index contributed by atoms with van der Waals surface area (Å²) in [5.74, 6) is 0.700. The molecule has 0 bridgehead atoms. The molecule has 1 aliphatic heterocycles. The molecule has 1 fully saturated rings. The Bertz CT molecular complexity index is 478. The molecule has 2 aliphatic rings. The fourth-order valence-corrected chi connectivity index (χ4v) is 3.77. The van der Waals surface area contributed by atoms with Crippen molar-refractivity contribution in [2.24, 2.45) is 5.41 Å². The molecule has 5 nitrogen and oxygen atoms in total. The Labute approximate surface area is 133 Å². The van der Waals surface area contributed by atoms with Gasteiger partial charge in [0, 0.05) is 25.5 Å². The van der Waals surface area contributed by atoms with E-state index in [0.29, 0.717) is 5.76 Å². The third kappa shape index (κ3) is 2.88. The number of likely N-dealkylation sites (N-methyl/N-ethyl adjacent to an activating group) is 1. The van der Waals surface area contributed by atoms with Gasteiger partial charge in [-0.2, -0.15) is 0 Å². The molecular weight excluding hydrogens is 282 g/mol. The molecular formula is C17H29NO4. The van der Waals surface area contributed by atoms with Crippen LogP contribution < -0.4 is 0 Å². The summed E-state index contributed by atoms with van der Waals surface area (Å²) in [6.07, 6.45) is 3.29. The monoisotopic (exact) mass is 311 g/mol. The van der Waals surface area contributed by atoms with Gasteiger partial charge in [0.2, 0.25) is 0 Å². The molecule has 0 aromatic rings. The highest BCUT2D eigenvalue weighted by atomic mass is 16.7. The molecule has 1 heterocycles. The van der Waals surface area contributed by atoms with E-state index in [1.54, 1.807) is 7.11 Å². The van der Waals surface area contributed by atoms with Crippen molar-refractivity contribution in [3.05, 3.63) is 11.8 Å². The van der Waals surface area contributed by atoms with E-state index in [1.807, 2.05) is 20.8 Å². The average molecular weight is 311 g/mol. The molecule has 126 valence electrons. The molecule has 1 aliphatic carbocycles. The average Bonchev–Trinajstić information content (AvgIpc) is 2.84. The van der Waals surface area contributed by atoms with E-state index in [1.165, 1.54) is 0 Å². The van der Waals surface area contributed by atoms with Crippen LogP contribution >= 0.6 is 0 Å². The summed E-state index contributed by atoms with van der Waals surface area (Å²) in [6.45, 7) is 10.8. The number of hydrogen-bond acceptors (Lipinski definition) is 5. The molecule has 1 unspecified atom stereocenters. The SMILES string of the molecule is COC1CN(C)[C@]2(C=C(OC(=O)OC(C)(C)C)CC2)C1(C)C. The number of carbonyl (C=O) groups excluding carboxylic acids is 1. The molecule has 0 N–H and O–H groups in total. The first-order chi connectivity index (χ1) is 10.0. The second-order valence-electron chi connectivity index (χ2n) is 7.93. The minimum absolute atomic E-state index is 0.0461. The standard InChI is InChI=1S/C17H29NO4/c1-15(2,3)22-14(19)21-12-8-9-17(10-12)16(4,5)13(20-7)11-18(17)6/h10,13H,8-9,11H2,1-7H3/t13?,17-/m1/s1. The van der Waals surface area contributed by atoms with Gasteiger partial charge < -0.3 is 14.2 Å².